The van der Waals surface area contributed by atoms with Gasteiger partial charge in [0.2, 0.25) is 0 Å². The van der Waals surface area contributed by atoms with Crippen molar-refractivity contribution in [3.8, 4) is 17.4 Å². The van der Waals surface area contributed by atoms with Gasteiger partial charge in [0.05, 0.1) is 6.26 Å². The molecular weight excluding hydrogens is 368 g/mol. The number of carbonyl (C=O) groups excluding carboxylic acids is 1. The van der Waals surface area contributed by atoms with Gasteiger partial charge in [-0.1, -0.05) is 30.3 Å². The number of hydrogen-bond donors (Lipinski definition) is 2. The zero-order chi connectivity index (χ0) is 19.6. The van der Waals surface area contributed by atoms with Crippen LogP contribution in [0, 0.1) is 0 Å². The van der Waals surface area contributed by atoms with Gasteiger partial charge in [-0.15, -0.1) is 0 Å². The number of benzene rings is 1. The summed E-state index contributed by atoms with van der Waals surface area (Å²) < 4.78 is 7.01. The number of nitrogens with one attached hydrogen (secondary N) is 2. The van der Waals surface area contributed by atoms with Gasteiger partial charge in [-0.25, -0.2) is 19.4 Å². The van der Waals surface area contributed by atoms with Gasteiger partial charge >= 0.3 is 6.03 Å². The van der Waals surface area contributed by atoms with E-state index in [1.54, 1.807) is 47.6 Å². The molecule has 3 heterocycles. The summed E-state index contributed by atoms with van der Waals surface area (Å²) in [6.45, 7) is 0. The molecule has 0 bridgehead atoms. The standard InChI is InChI=1S/C21H18N6O2/c28-21(23-16-12-15(16)14-6-2-1-3-7-14)25-18-13-19(27-10-5-9-22-27)26-20(24-18)17-8-4-11-29-17/h1-11,13,15-16H,12H2,(H2,23,24,25,26,28)/t15-,16-/m0/s1. The van der Waals surface area contributed by atoms with E-state index in [1.165, 1.54) is 5.56 Å². The molecule has 4 aromatic rings. The third-order valence-electron chi connectivity index (χ3n) is 4.77. The van der Waals surface area contributed by atoms with Crippen LogP contribution >= 0.6 is 0 Å². The first kappa shape index (κ1) is 17.2. The first-order valence-corrected chi connectivity index (χ1v) is 9.32. The fraction of sp³-hybridized carbons (Fsp3) is 0.143. The number of aromatic nitrogens is 4. The van der Waals surface area contributed by atoms with Gasteiger partial charge in [0.25, 0.3) is 0 Å². The van der Waals surface area contributed by atoms with Gasteiger partial charge in [-0.3, -0.25) is 5.32 Å². The molecule has 8 nitrogen and oxygen atoms in total. The second-order valence-electron chi connectivity index (χ2n) is 6.82. The van der Waals surface area contributed by atoms with E-state index in [-0.39, 0.29) is 12.1 Å². The third-order valence-corrected chi connectivity index (χ3v) is 4.77. The average molecular weight is 386 g/mol. The smallest absolute Gasteiger partial charge is 0.320 e. The van der Waals surface area contributed by atoms with Crippen LogP contribution in [0.5, 0.6) is 0 Å². The number of furan rings is 1. The molecule has 0 aliphatic heterocycles. The van der Waals surface area contributed by atoms with E-state index in [4.69, 9.17) is 4.42 Å². The Bertz CT molecular complexity index is 1060. The maximum atomic E-state index is 12.5. The molecule has 29 heavy (non-hydrogen) atoms. The Kier molecular flexibility index (Phi) is 4.28. The van der Waals surface area contributed by atoms with Crippen LogP contribution in [0.4, 0.5) is 10.6 Å². The summed E-state index contributed by atoms with van der Waals surface area (Å²) in [4.78, 5) is 21.4. The highest BCUT2D eigenvalue weighted by molar-refractivity contribution is 5.89. The van der Waals surface area contributed by atoms with Crippen molar-refractivity contribution in [3.05, 3.63) is 78.8 Å². The van der Waals surface area contributed by atoms with Gasteiger partial charge in [-0.05, 0) is 30.2 Å². The number of nitrogens with zero attached hydrogens (tertiary/aromatic N) is 4. The van der Waals surface area contributed by atoms with E-state index in [0.29, 0.717) is 29.1 Å². The van der Waals surface area contributed by atoms with Crippen molar-refractivity contribution in [3.63, 3.8) is 0 Å². The second kappa shape index (κ2) is 7.23. The number of urea groups is 1. The van der Waals surface area contributed by atoms with Crippen molar-refractivity contribution in [2.75, 3.05) is 5.32 Å². The van der Waals surface area contributed by atoms with Crippen LogP contribution in [0.15, 0.2) is 77.7 Å². The second-order valence-corrected chi connectivity index (χ2v) is 6.82. The van der Waals surface area contributed by atoms with E-state index < -0.39 is 0 Å². The lowest BCUT2D eigenvalue weighted by atomic mass is 10.1. The lowest BCUT2D eigenvalue weighted by Crippen LogP contribution is -2.31. The molecule has 5 rings (SSSR count). The molecule has 3 aromatic heterocycles. The van der Waals surface area contributed by atoms with Crippen molar-refractivity contribution >= 4 is 11.8 Å². The highest BCUT2D eigenvalue weighted by atomic mass is 16.3. The molecule has 0 unspecified atom stereocenters. The summed E-state index contributed by atoms with van der Waals surface area (Å²) in [5.74, 6) is 2.12. The van der Waals surface area contributed by atoms with Crippen molar-refractivity contribution in [2.45, 2.75) is 18.4 Å². The fourth-order valence-electron chi connectivity index (χ4n) is 3.28. The largest absolute Gasteiger partial charge is 0.461 e. The van der Waals surface area contributed by atoms with Crippen LogP contribution in [0.25, 0.3) is 17.4 Å². The Morgan fingerprint density at radius 2 is 2.00 bits per heavy atom. The topological polar surface area (TPSA) is 97.9 Å². The maximum Gasteiger partial charge on any atom is 0.320 e. The summed E-state index contributed by atoms with van der Waals surface area (Å²) in [6, 6.07) is 17.0. The molecular formula is C21H18N6O2. The molecule has 8 heteroatoms. The normalized spacial score (nSPS) is 17.7. The highest BCUT2D eigenvalue weighted by Gasteiger charge is 2.39. The van der Waals surface area contributed by atoms with Crippen LogP contribution in [0.2, 0.25) is 0 Å². The van der Waals surface area contributed by atoms with Gasteiger partial charge in [0.1, 0.15) is 5.82 Å². The van der Waals surface area contributed by atoms with Crippen LogP contribution in [-0.2, 0) is 0 Å². The van der Waals surface area contributed by atoms with E-state index >= 15 is 0 Å². The molecule has 1 saturated carbocycles. The molecule has 144 valence electrons. The quantitative estimate of drug-likeness (QED) is 0.546. The van der Waals surface area contributed by atoms with E-state index in [2.05, 4.69) is 37.8 Å². The summed E-state index contributed by atoms with van der Waals surface area (Å²) in [5, 5.41) is 10.0. The third kappa shape index (κ3) is 3.73. The lowest BCUT2D eigenvalue weighted by Gasteiger charge is -2.10. The molecule has 0 saturated heterocycles. The van der Waals surface area contributed by atoms with Gasteiger partial charge in [0.15, 0.2) is 17.4 Å². The minimum atomic E-state index is -0.302. The zero-order valence-electron chi connectivity index (χ0n) is 15.4. The predicted octanol–water partition coefficient (Wildman–Crippen LogP) is 3.60. The summed E-state index contributed by atoms with van der Waals surface area (Å²) >= 11 is 0. The molecule has 2 N–H and O–H groups in total. The number of hydrogen-bond acceptors (Lipinski definition) is 5. The molecule has 1 aromatic carbocycles. The van der Waals surface area contributed by atoms with Crippen molar-refractivity contribution in [1.29, 1.82) is 0 Å². The number of carbonyl (C=O) groups is 1. The fourth-order valence-corrected chi connectivity index (χ4v) is 3.28. The van der Waals surface area contributed by atoms with Crippen LogP contribution in [0.1, 0.15) is 17.9 Å². The molecule has 1 aliphatic rings. The predicted molar refractivity (Wildman–Crippen MR) is 107 cm³/mol. The Morgan fingerprint density at radius 1 is 1.10 bits per heavy atom. The van der Waals surface area contributed by atoms with Crippen molar-refractivity contribution in [1.82, 2.24) is 25.1 Å². The van der Waals surface area contributed by atoms with Crippen LogP contribution < -0.4 is 10.6 Å². The number of rotatable bonds is 5. The minimum absolute atomic E-state index is 0.120. The van der Waals surface area contributed by atoms with Crippen LogP contribution in [-0.4, -0.2) is 31.8 Å². The van der Waals surface area contributed by atoms with Crippen molar-refractivity contribution in [2.24, 2.45) is 0 Å². The number of amides is 2. The average Bonchev–Trinajstić information content (AvgIpc) is 3.17. The van der Waals surface area contributed by atoms with E-state index in [1.807, 2.05) is 18.2 Å². The molecule has 2 atom stereocenters. The Labute approximate surface area is 166 Å². The van der Waals surface area contributed by atoms with Crippen molar-refractivity contribution < 1.29 is 9.21 Å². The molecule has 1 aliphatic carbocycles. The molecule has 0 spiro atoms. The summed E-state index contributed by atoms with van der Waals surface area (Å²) in [5.41, 5.74) is 1.24. The minimum Gasteiger partial charge on any atom is -0.461 e. The number of anilines is 1. The van der Waals surface area contributed by atoms with E-state index in [0.717, 1.165) is 6.42 Å². The van der Waals surface area contributed by atoms with Gasteiger partial charge in [-0.2, -0.15) is 5.10 Å². The highest BCUT2D eigenvalue weighted by Crippen LogP contribution is 2.40. The summed E-state index contributed by atoms with van der Waals surface area (Å²) in [6.07, 6.45) is 5.91. The lowest BCUT2D eigenvalue weighted by molar-refractivity contribution is 0.251. The van der Waals surface area contributed by atoms with Crippen LogP contribution in [0.3, 0.4) is 0 Å². The van der Waals surface area contributed by atoms with Gasteiger partial charge < -0.3 is 9.73 Å². The van der Waals surface area contributed by atoms with E-state index in [9.17, 15) is 4.79 Å². The zero-order valence-corrected chi connectivity index (χ0v) is 15.4. The first-order chi connectivity index (χ1) is 14.3. The monoisotopic (exact) mass is 386 g/mol. The first-order valence-electron chi connectivity index (χ1n) is 9.32. The Morgan fingerprint density at radius 3 is 2.76 bits per heavy atom. The molecule has 2 amide bonds. The maximum absolute atomic E-state index is 12.5. The Balaban J connectivity index is 1.33. The SMILES string of the molecule is O=C(Nc1cc(-n2cccn2)nc(-c2ccco2)n1)N[C@H]1C[C@H]1c1ccccc1. The molecule has 1 fully saturated rings. The Hall–Kier alpha value is -3.94. The summed E-state index contributed by atoms with van der Waals surface area (Å²) in [7, 11) is 0. The van der Waals surface area contributed by atoms with Gasteiger partial charge in [0, 0.05) is 30.4 Å². The molecule has 0 radical (unpaired) electrons.